The summed E-state index contributed by atoms with van der Waals surface area (Å²) in [5, 5.41) is 9.09. The van der Waals surface area contributed by atoms with Crippen LogP contribution in [0.25, 0.3) is 0 Å². The fourth-order valence-electron chi connectivity index (χ4n) is 2.80. The highest BCUT2D eigenvalue weighted by Gasteiger charge is 2.31. The van der Waals surface area contributed by atoms with Crippen LogP contribution in [0.5, 0.6) is 0 Å². The van der Waals surface area contributed by atoms with Gasteiger partial charge in [0.15, 0.2) is 0 Å². The first-order chi connectivity index (χ1) is 10.1. The number of carboxylic acid groups (broad SMARTS) is 1. The summed E-state index contributed by atoms with van der Waals surface area (Å²) < 4.78 is 0. The van der Waals surface area contributed by atoms with Crippen molar-refractivity contribution in [3.05, 3.63) is 70.8 Å². The number of likely N-dealkylation sites (N-methyl/N-ethyl adjacent to an activating group) is 1. The molecule has 1 amide bonds. The number of carbonyl (C=O) groups is 2. The highest BCUT2D eigenvalue weighted by Crippen LogP contribution is 2.32. The number of amides is 1. The average Bonchev–Trinajstić information content (AvgIpc) is 2.51. The number of rotatable bonds is 2. The summed E-state index contributed by atoms with van der Waals surface area (Å²) in [5.41, 5.74) is 2.67. The molecule has 1 unspecified atom stereocenters. The van der Waals surface area contributed by atoms with Crippen molar-refractivity contribution < 1.29 is 14.7 Å². The molecule has 0 radical (unpaired) electrons. The molecule has 0 saturated carbocycles. The van der Waals surface area contributed by atoms with Crippen LogP contribution in [0.1, 0.15) is 37.9 Å². The zero-order chi connectivity index (χ0) is 15.0. The monoisotopic (exact) mass is 281 g/mol. The van der Waals surface area contributed by atoms with Crippen molar-refractivity contribution in [3.8, 4) is 0 Å². The minimum Gasteiger partial charge on any atom is -0.478 e. The van der Waals surface area contributed by atoms with Gasteiger partial charge in [-0.1, -0.05) is 30.3 Å². The normalized spacial score (nSPS) is 17.5. The van der Waals surface area contributed by atoms with Gasteiger partial charge in [-0.3, -0.25) is 4.79 Å². The third-order valence-electron chi connectivity index (χ3n) is 3.97. The smallest absolute Gasteiger partial charge is 0.335 e. The fraction of sp³-hybridized carbons (Fsp3) is 0.176. The van der Waals surface area contributed by atoms with Crippen molar-refractivity contribution >= 4 is 11.9 Å². The van der Waals surface area contributed by atoms with Gasteiger partial charge < -0.3 is 10.0 Å². The van der Waals surface area contributed by atoms with Crippen LogP contribution in [0.15, 0.2) is 48.5 Å². The number of aromatic carboxylic acids is 1. The zero-order valence-electron chi connectivity index (χ0n) is 11.6. The van der Waals surface area contributed by atoms with Crippen LogP contribution >= 0.6 is 0 Å². The number of hydrogen-bond acceptors (Lipinski definition) is 2. The minimum atomic E-state index is -0.972. The molecule has 0 aromatic heterocycles. The van der Waals surface area contributed by atoms with Gasteiger partial charge >= 0.3 is 5.97 Å². The van der Waals surface area contributed by atoms with Gasteiger partial charge in [-0.2, -0.15) is 0 Å². The third-order valence-corrected chi connectivity index (χ3v) is 3.97. The van der Waals surface area contributed by atoms with Gasteiger partial charge in [-0.05, 0) is 35.7 Å². The van der Waals surface area contributed by atoms with E-state index in [2.05, 4.69) is 0 Å². The van der Waals surface area contributed by atoms with E-state index >= 15 is 0 Å². The minimum absolute atomic E-state index is 0.0600. The first-order valence-corrected chi connectivity index (χ1v) is 6.76. The van der Waals surface area contributed by atoms with Crippen LogP contribution < -0.4 is 0 Å². The molecular weight excluding hydrogens is 266 g/mol. The summed E-state index contributed by atoms with van der Waals surface area (Å²) in [6.45, 7) is 0. The van der Waals surface area contributed by atoms with E-state index < -0.39 is 5.97 Å². The quantitative estimate of drug-likeness (QED) is 0.920. The lowest BCUT2D eigenvalue weighted by molar-refractivity contribution is 0.0683. The van der Waals surface area contributed by atoms with Gasteiger partial charge in [-0.25, -0.2) is 4.79 Å². The van der Waals surface area contributed by atoms with E-state index in [-0.39, 0.29) is 17.5 Å². The SMILES string of the molecule is CN1C(=O)c2ccc(C(=O)O)cc2CC1c1ccccc1. The highest BCUT2D eigenvalue weighted by atomic mass is 16.4. The van der Waals surface area contributed by atoms with Crippen LogP contribution in [-0.2, 0) is 6.42 Å². The topological polar surface area (TPSA) is 57.6 Å². The van der Waals surface area contributed by atoms with Crippen molar-refractivity contribution in [1.29, 1.82) is 0 Å². The van der Waals surface area contributed by atoms with Gasteiger partial charge in [0, 0.05) is 12.6 Å². The molecule has 2 aromatic carbocycles. The Balaban J connectivity index is 2.05. The number of carboxylic acids is 1. The standard InChI is InChI=1S/C17H15NO3/c1-18-15(11-5-3-2-4-6-11)10-13-9-12(17(20)21)7-8-14(13)16(18)19/h2-9,15H,10H2,1H3,(H,20,21). The van der Waals surface area contributed by atoms with Crippen molar-refractivity contribution in [2.24, 2.45) is 0 Å². The Hall–Kier alpha value is -2.62. The summed E-state index contributed by atoms with van der Waals surface area (Å²) in [5.74, 6) is -1.04. The van der Waals surface area contributed by atoms with E-state index in [0.717, 1.165) is 11.1 Å². The summed E-state index contributed by atoms with van der Waals surface area (Å²) in [7, 11) is 1.79. The molecule has 21 heavy (non-hydrogen) atoms. The molecule has 0 bridgehead atoms. The molecular formula is C17H15NO3. The Labute approximate surface area is 122 Å². The third kappa shape index (κ3) is 2.29. The second-order valence-electron chi connectivity index (χ2n) is 5.22. The van der Waals surface area contributed by atoms with Crippen LogP contribution in [-0.4, -0.2) is 28.9 Å². The molecule has 1 atom stereocenters. The Morgan fingerprint density at radius 2 is 1.90 bits per heavy atom. The Kier molecular flexibility index (Phi) is 3.22. The van der Waals surface area contributed by atoms with Crippen LogP contribution in [0.2, 0.25) is 0 Å². The molecule has 3 rings (SSSR count). The van der Waals surface area contributed by atoms with Crippen LogP contribution in [0.3, 0.4) is 0 Å². The van der Waals surface area contributed by atoms with E-state index in [9.17, 15) is 9.59 Å². The maximum atomic E-state index is 12.5. The van der Waals surface area contributed by atoms with Gasteiger partial charge in [0.1, 0.15) is 0 Å². The Morgan fingerprint density at radius 3 is 2.57 bits per heavy atom. The van der Waals surface area contributed by atoms with E-state index in [0.29, 0.717) is 12.0 Å². The van der Waals surface area contributed by atoms with Gasteiger partial charge in [0.25, 0.3) is 5.91 Å². The maximum Gasteiger partial charge on any atom is 0.335 e. The highest BCUT2D eigenvalue weighted by molar-refractivity contribution is 5.98. The first kappa shape index (κ1) is 13.4. The zero-order valence-corrected chi connectivity index (χ0v) is 11.6. The molecule has 0 aliphatic carbocycles. The lowest BCUT2D eigenvalue weighted by Crippen LogP contribution is -2.37. The number of benzene rings is 2. The van der Waals surface area contributed by atoms with E-state index in [4.69, 9.17) is 5.11 Å². The second-order valence-corrected chi connectivity index (χ2v) is 5.22. The van der Waals surface area contributed by atoms with Crippen molar-refractivity contribution in [1.82, 2.24) is 4.90 Å². The molecule has 1 heterocycles. The molecule has 0 spiro atoms. The van der Waals surface area contributed by atoms with E-state index in [1.54, 1.807) is 24.1 Å². The maximum absolute atomic E-state index is 12.5. The number of carbonyl (C=O) groups excluding carboxylic acids is 1. The molecule has 1 aliphatic rings. The predicted molar refractivity (Wildman–Crippen MR) is 78.4 cm³/mol. The molecule has 0 saturated heterocycles. The van der Waals surface area contributed by atoms with Gasteiger partial charge in [-0.15, -0.1) is 0 Å². The van der Waals surface area contributed by atoms with Crippen LogP contribution in [0, 0.1) is 0 Å². The van der Waals surface area contributed by atoms with Crippen molar-refractivity contribution in [2.45, 2.75) is 12.5 Å². The van der Waals surface area contributed by atoms with Gasteiger partial charge in [0.2, 0.25) is 0 Å². The van der Waals surface area contributed by atoms with Crippen molar-refractivity contribution in [2.75, 3.05) is 7.05 Å². The summed E-state index contributed by atoms with van der Waals surface area (Å²) in [6.07, 6.45) is 0.628. The molecule has 1 aliphatic heterocycles. The second kappa shape index (κ2) is 5.05. The predicted octanol–water partition coefficient (Wildman–Crippen LogP) is 2.75. The number of hydrogen-bond donors (Lipinski definition) is 1. The molecule has 2 aromatic rings. The molecule has 4 nitrogen and oxygen atoms in total. The van der Waals surface area contributed by atoms with E-state index in [1.165, 1.54) is 6.07 Å². The fourth-order valence-corrected chi connectivity index (χ4v) is 2.80. The Bertz CT molecular complexity index is 709. The summed E-state index contributed by atoms with van der Waals surface area (Å²) in [6, 6.07) is 14.4. The molecule has 4 heteroatoms. The lowest BCUT2D eigenvalue weighted by Gasteiger charge is -2.34. The largest absolute Gasteiger partial charge is 0.478 e. The molecule has 106 valence electrons. The Morgan fingerprint density at radius 1 is 1.19 bits per heavy atom. The van der Waals surface area contributed by atoms with Crippen LogP contribution in [0.4, 0.5) is 0 Å². The van der Waals surface area contributed by atoms with Crippen molar-refractivity contribution in [3.63, 3.8) is 0 Å². The average molecular weight is 281 g/mol. The van der Waals surface area contributed by atoms with E-state index in [1.807, 2.05) is 30.3 Å². The number of nitrogens with zero attached hydrogens (tertiary/aromatic N) is 1. The first-order valence-electron chi connectivity index (χ1n) is 6.76. The van der Waals surface area contributed by atoms with Gasteiger partial charge in [0.05, 0.1) is 11.6 Å². The summed E-state index contributed by atoms with van der Waals surface area (Å²) >= 11 is 0. The number of fused-ring (bicyclic) bond motifs is 1. The molecule has 1 N–H and O–H groups in total. The molecule has 0 fully saturated rings. The summed E-state index contributed by atoms with van der Waals surface area (Å²) in [4.78, 5) is 25.3. The lowest BCUT2D eigenvalue weighted by atomic mass is 9.89.